The molecule has 0 saturated heterocycles. The molecule has 0 saturated carbocycles. The highest BCUT2D eigenvalue weighted by Gasteiger charge is 2.19. The summed E-state index contributed by atoms with van der Waals surface area (Å²) in [6, 6.07) is 4.97. The quantitative estimate of drug-likeness (QED) is 0.827. The molecule has 0 bridgehead atoms. The Kier molecular flexibility index (Phi) is 4.71. The van der Waals surface area contributed by atoms with Crippen molar-refractivity contribution >= 4 is 10.0 Å². The number of nitrogens with zero attached hydrogens (tertiary/aromatic N) is 2. The number of aromatic nitrogens is 2. The topological polar surface area (TPSA) is 90.0 Å². The van der Waals surface area contributed by atoms with Gasteiger partial charge >= 0.3 is 0 Å². The normalized spacial score (nSPS) is 13.3. The minimum atomic E-state index is -3.73. The first-order chi connectivity index (χ1) is 9.92. The van der Waals surface area contributed by atoms with Crippen LogP contribution in [0.2, 0.25) is 0 Å². The number of hydrogen-bond donors (Lipinski definition) is 2. The van der Waals surface area contributed by atoms with E-state index < -0.39 is 15.8 Å². The number of halogens is 1. The molecule has 0 radical (unpaired) electrons. The lowest BCUT2D eigenvalue weighted by molar-refractivity contribution is 0.493. The SMILES string of the molecule is CC(Cn1cccn1)NS(=O)(=O)c1ccc(F)c(CN)c1. The molecule has 1 heterocycles. The Morgan fingerprint density at radius 2 is 2.24 bits per heavy atom. The van der Waals surface area contributed by atoms with E-state index in [1.54, 1.807) is 30.1 Å². The zero-order valence-corrected chi connectivity index (χ0v) is 12.3. The number of rotatable bonds is 6. The Bertz CT molecular complexity index is 701. The molecule has 8 heteroatoms. The summed E-state index contributed by atoms with van der Waals surface area (Å²) >= 11 is 0. The first-order valence-corrected chi connectivity index (χ1v) is 7.89. The van der Waals surface area contributed by atoms with Gasteiger partial charge in [-0.05, 0) is 31.2 Å². The van der Waals surface area contributed by atoms with Crippen molar-refractivity contribution < 1.29 is 12.8 Å². The third-order valence-corrected chi connectivity index (χ3v) is 4.51. The lowest BCUT2D eigenvalue weighted by Gasteiger charge is -2.15. The number of hydrogen-bond acceptors (Lipinski definition) is 4. The maximum atomic E-state index is 13.4. The molecule has 2 rings (SSSR count). The molecule has 0 aliphatic heterocycles. The molecule has 21 heavy (non-hydrogen) atoms. The van der Waals surface area contributed by atoms with Crippen molar-refractivity contribution in [1.29, 1.82) is 0 Å². The minimum absolute atomic E-state index is 0.00309. The Morgan fingerprint density at radius 1 is 1.48 bits per heavy atom. The van der Waals surface area contributed by atoms with E-state index in [1.165, 1.54) is 12.1 Å². The van der Waals surface area contributed by atoms with Crippen LogP contribution in [-0.2, 0) is 23.1 Å². The van der Waals surface area contributed by atoms with E-state index in [-0.39, 0.29) is 23.0 Å². The Morgan fingerprint density at radius 3 is 2.86 bits per heavy atom. The van der Waals surface area contributed by atoms with Gasteiger partial charge < -0.3 is 5.73 Å². The van der Waals surface area contributed by atoms with Gasteiger partial charge in [0, 0.05) is 30.5 Å². The van der Waals surface area contributed by atoms with Gasteiger partial charge in [0.2, 0.25) is 10.0 Å². The van der Waals surface area contributed by atoms with E-state index in [2.05, 4.69) is 9.82 Å². The summed E-state index contributed by atoms with van der Waals surface area (Å²) in [7, 11) is -3.73. The summed E-state index contributed by atoms with van der Waals surface area (Å²) in [6.07, 6.45) is 3.37. The number of benzene rings is 1. The number of nitrogens with one attached hydrogen (secondary N) is 1. The standard InChI is InChI=1S/C13H17FN4O2S/c1-10(9-18-6-2-5-16-18)17-21(19,20)12-3-4-13(14)11(7-12)8-15/h2-7,10,17H,8-9,15H2,1H3. The van der Waals surface area contributed by atoms with Gasteiger partial charge in [-0.25, -0.2) is 17.5 Å². The van der Waals surface area contributed by atoms with E-state index in [4.69, 9.17) is 5.73 Å². The third kappa shape index (κ3) is 3.87. The summed E-state index contributed by atoms with van der Waals surface area (Å²) in [6.45, 7) is 2.07. The van der Waals surface area contributed by atoms with Crippen molar-refractivity contribution in [2.45, 2.75) is 31.0 Å². The number of sulfonamides is 1. The maximum absolute atomic E-state index is 13.4. The molecule has 1 aromatic carbocycles. The molecular weight excluding hydrogens is 295 g/mol. The molecule has 3 N–H and O–H groups in total. The average Bonchev–Trinajstić information content (AvgIpc) is 2.91. The van der Waals surface area contributed by atoms with Crippen molar-refractivity contribution in [3.05, 3.63) is 48.0 Å². The van der Waals surface area contributed by atoms with Crippen LogP contribution in [0, 0.1) is 5.82 Å². The van der Waals surface area contributed by atoms with Crippen LogP contribution in [0.25, 0.3) is 0 Å². The summed E-state index contributed by atoms with van der Waals surface area (Å²) in [5, 5.41) is 4.01. The van der Waals surface area contributed by atoms with Crippen molar-refractivity contribution in [2.75, 3.05) is 0 Å². The van der Waals surface area contributed by atoms with Crippen molar-refractivity contribution in [3.63, 3.8) is 0 Å². The zero-order chi connectivity index (χ0) is 15.5. The second-order valence-corrected chi connectivity index (χ2v) is 6.42. The monoisotopic (exact) mass is 312 g/mol. The molecule has 0 aliphatic carbocycles. The Balaban J connectivity index is 2.14. The molecule has 0 fully saturated rings. The van der Waals surface area contributed by atoms with Gasteiger partial charge in [0.15, 0.2) is 0 Å². The Hall–Kier alpha value is -1.77. The molecule has 1 unspecified atom stereocenters. The summed E-state index contributed by atoms with van der Waals surface area (Å²) in [4.78, 5) is -0.00309. The molecule has 1 aromatic heterocycles. The lowest BCUT2D eigenvalue weighted by atomic mass is 10.2. The minimum Gasteiger partial charge on any atom is -0.326 e. The lowest BCUT2D eigenvalue weighted by Crippen LogP contribution is -2.35. The highest BCUT2D eigenvalue weighted by Crippen LogP contribution is 2.15. The van der Waals surface area contributed by atoms with Crippen LogP contribution < -0.4 is 10.5 Å². The van der Waals surface area contributed by atoms with Crippen molar-refractivity contribution in [3.8, 4) is 0 Å². The zero-order valence-electron chi connectivity index (χ0n) is 11.5. The van der Waals surface area contributed by atoms with Crippen LogP contribution >= 0.6 is 0 Å². The summed E-state index contributed by atoms with van der Waals surface area (Å²) in [5.74, 6) is -0.513. The summed E-state index contributed by atoms with van der Waals surface area (Å²) < 4.78 is 42.0. The molecule has 0 amide bonds. The van der Waals surface area contributed by atoms with Crippen molar-refractivity contribution in [2.24, 2.45) is 5.73 Å². The van der Waals surface area contributed by atoms with Gasteiger partial charge in [-0.15, -0.1) is 0 Å². The van der Waals surface area contributed by atoms with Gasteiger partial charge in [0.1, 0.15) is 5.82 Å². The van der Waals surface area contributed by atoms with Crippen LogP contribution in [0.3, 0.4) is 0 Å². The maximum Gasteiger partial charge on any atom is 0.240 e. The molecule has 0 spiro atoms. The van der Waals surface area contributed by atoms with E-state index in [0.29, 0.717) is 6.54 Å². The molecule has 6 nitrogen and oxygen atoms in total. The molecule has 1 atom stereocenters. The molecule has 0 aliphatic rings. The first-order valence-electron chi connectivity index (χ1n) is 6.40. The van der Waals surface area contributed by atoms with Crippen LogP contribution in [0.1, 0.15) is 12.5 Å². The highest BCUT2D eigenvalue weighted by molar-refractivity contribution is 7.89. The summed E-state index contributed by atoms with van der Waals surface area (Å²) in [5.41, 5.74) is 5.55. The largest absolute Gasteiger partial charge is 0.326 e. The van der Waals surface area contributed by atoms with E-state index in [0.717, 1.165) is 6.07 Å². The van der Waals surface area contributed by atoms with Gasteiger partial charge in [-0.1, -0.05) is 0 Å². The second-order valence-electron chi connectivity index (χ2n) is 4.71. The fraction of sp³-hybridized carbons (Fsp3) is 0.308. The predicted octanol–water partition coefficient (Wildman–Crippen LogP) is 0.848. The van der Waals surface area contributed by atoms with Gasteiger partial charge in [-0.2, -0.15) is 5.10 Å². The second kappa shape index (κ2) is 6.33. The molecule has 114 valence electrons. The smallest absolute Gasteiger partial charge is 0.240 e. The first kappa shape index (κ1) is 15.6. The highest BCUT2D eigenvalue weighted by atomic mass is 32.2. The van der Waals surface area contributed by atoms with Crippen LogP contribution in [0.5, 0.6) is 0 Å². The fourth-order valence-corrected chi connectivity index (χ4v) is 3.22. The molecular formula is C13H17FN4O2S. The van der Waals surface area contributed by atoms with Crippen molar-refractivity contribution in [1.82, 2.24) is 14.5 Å². The van der Waals surface area contributed by atoms with E-state index in [9.17, 15) is 12.8 Å². The molecule has 2 aromatic rings. The van der Waals surface area contributed by atoms with E-state index in [1.807, 2.05) is 0 Å². The third-order valence-electron chi connectivity index (χ3n) is 2.92. The van der Waals surface area contributed by atoms with Crippen LogP contribution in [-0.4, -0.2) is 24.2 Å². The fourth-order valence-electron chi connectivity index (χ4n) is 1.93. The average molecular weight is 312 g/mol. The van der Waals surface area contributed by atoms with Crippen LogP contribution in [0.4, 0.5) is 4.39 Å². The van der Waals surface area contributed by atoms with Gasteiger partial charge in [0.25, 0.3) is 0 Å². The van der Waals surface area contributed by atoms with Crippen LogP contribution in [0.15, 0.2) is 41.6 Å². The Labute approximate surface area is 122 Å². The van der Waals surface area contributed by atoms with Gasteiger partial charge in [-0.3, -0.25) is 4.68 Å². The number of nitrogens with two attached hydrogens (primary N) is 1. The van der Waals surface area contributed by atoms with Gasteiger partial charge in [0.05, 0.1) is 11.4 Å². The van der Waals surface area contributed by atoms with E-state index >= 15 is 0 Å². The predicted molar refractivity (Wildman–Crippen MR) is 76.3 cm³/mol.